The van der Waals surface area contributed by atoms with Gasteiger partial charge in [0, 0.05) is 13.1 Å². The van der Waals surface area contributed by atoms with E-state index in [0.717, 1.165) is 18.6 Å². The number of hydrogen-bond acceptors (Lipinski definition) is 1. The molecule has 0 bridgehead atoms. The zero-order valence-electron chi connectivity index (χ0n) is 3.57. The van der Waals surface area contributed by atoms with Gasteiger partial charge in [0.15, 0.2) is 0 Å². The van der Waals surface area contributed by atoms with E-state index >= 15 is 0 Å². The molecule has 0 aromatic rings. The fraction of sp³-hybridized carbons (Fsp3) is 0.500. The fourth-order valence-corrected chi connectivity index (χ4v) is 0.492. The smallest absolute Gasteiger partial charge is 0.109 e. The molecule has 0 aliphatic carbocycles. The molecule has 0 aromatic heterocycles. The summed E-state index contributed by atoms with van der Waals surface area (Å²) in [5.41, 5.74) is 0.968. The maximum absolute atomic E-state index is 5.33. The van der Waals surface area contributed by atoms with Crippen LogP contribution >= 0.6 is 0 Å². The van der Waals surface area contributed by atoms with Crippen molar-refractivity contribution in [1.82, 2.24) is 5.32 Å². The molecule has 0 saturated heterocycles. The Bertz CT molecular complexity index is 77.6. The van der Waals surface area contributed by atoms with Gasteiger partial charge < -0.3 is 5.32 Å². The third-order valence-electron chi connectivity index (χ3n) is 0.838. The quantitative estimate of drug-likeness (QED) is 0.391. The van der Waals surface area contributed by atoms with Crippen molar-refractivity contribution < 1.29 is 0 Å². The minimum atomic E-state index is 0.875. The first-order valence-electron chi connectivity index (χ1n) is 2.05. The van der Waals surface area contributed by atoms with Gasteiger partial charge in [-0.3, -0.25) is 0 Å². The second-order valence-electron chi connectivity index (χ2n) is 1.41. The SMILES string of the molecule is [B]C1=CCNC1. The van der Waals surface area contributed by atoms with E-state index in [0.29, 0.717) is 0 Å². The average molecular weight is 78.9 g/mol. The van der Waals surface area contributed by atoms with E-state index in [1.165, 1.54) is 0 Å². The molecule has 30 valence electrons. The van der Waals surface area contributed by atoms with Crippen molar-refractivity contribution in [2.75, 3.05) is 13.1 Å². The summed E-state index contributed by atoms with van der Waals surface area (Å²) in [5, 5.41) is 3.05. The molecule has 1 aliphatic heterocycles. The topological polar surface area (TPSA) is 12.0 Å². The molecule has 2 radical (unpaired) electrons. The zero-order valence-corrected chi connectivity index (χ0v) is 3.57. The van der Waals surface area contributed by atoms with Gasteiger partial charge in [-0.25, -0.2) is 0 Å². The molecule has 6 heavy (non-hydrogen) atoms. The summed E-state index contributed by atoms with van der Waals surface area (Å²) in [4.78, 5) is 0. The Hall–Kier alpha value is -0.235. The highest BCUT2D eigenvalue weighted by molar-refractivity contribution is 6.22. The maximum atomic E-state index is 5.33. The minimum Gasteiger partial charge on any atom is -0.310 e. The van der Waals surface area contributed by atoms with Crippen LogP contribution in [0.5, 0.6) is 0 Å². The summed E-state index contributed by atoms with van der Waals surface area (Å²) in [7, 11) is 5.33. The Morgan fingerprint density at radius 2 is 2.67 bits per heavy atom. The number of nitrogens with one attached hydrogen (secondary N) is 1. The van der Waals surface area contributed by atoms with E-state index in [4.69, 9.17) is 7.85 Å². The van der Waals surface area contributed by atoms with E-state index < -0.39 is 0 Å². The molecule has 0 fully saturated rings. The van der Waals surface area contributed by atoms with Crippen LogP contribution in [0.1, 0.15) is 0 Å². The van der Waals surface area contributed by atoms with Crippen molar-refractivity contribution >= 4 is 7.85 Å². The highest BCUT2D eigenvalue weighted by atomic mass is 14.9. The molecule has 0 spiro atoms. The minimum absolute atomic E-state index is 0.875. The summed E-state index contributed by atoms with van der Waals surface area (Å²) in [6.07, 6.45) is 1.99. The van der Waals surface area contributed by atoms with Crippen LogP contribution in [0.15, 0.2) is 11.5 Å². The molecule has 1 heterocycles. The Labute approximate surface area is 38.8 Å². The first kappa shape index (κ1) is 3.94. The summed E-state index contributed by atoms with van der Waals surface area (Å²) < 4.78 is 0. The predicted octanol–water partition coefficient (Wildman–Crippen LogP) is -0.358. The molecule has 1 rings (SSSR count). The third-order valence-corrected chi connectivity index (χ3v) is 0.838. The van der Waals surface area contributed by atoms with Crippen LogP contribution < -0.4 is 5.32 Å². The van der Waals surface area contributed by atoms with Crippen molar-refractivity contribution in [1.29, 1.82) is 0 Å². The highest BCUT2D eigenvalue weighted by Crippen LogP contribution is 1.88. The second kappa shape index (κ2) is 1.48. The van der Waals surface area contributed by atoms with E-state index in [-0.39, 0.29) is 0 Å². The molecule has 0 aromatic carbocycles. The normalized spacial score (nSPS) is 21.0. The zero-order chi connectivity index (χ0) is 4.41. The molecular weight excluding hydrogens is 72.9 g/mol. The summed E-state index contributed by atoms with van der Waals surface area (Å²) in [5.74, 6) is 0. The van der Waals surface area contributed by atoms with Gasteiger partial charge in [-0.1, -0.05) is 6.08 Å². The predicted molar refractivity (Wildman–Crippen MR) is 26.7 cm³/mol. The molecule has 1 nitrogen and oxygen atoms in total. The van der Waals surface area contributed by atoms with Gasteiger partial charge >= 0.3 is 0 Å². The van der Waals surface area contributed by atoms with Crippen LogP contribution in [0.2, 0.25) is 0 Å². The average Bonchev–Trinajstić information content (AvgIpc) is 1.86. The molecule has 0 saturated carbocycles. The van der Waals surface area contributed by atoms with Crippen molar-refractivity contribution in [3.8, 4) is 0 Å². The van der Waals surface area contributed by atoms with Gasteiger partial charge in [0.05, 0.1) is 0 Å². The van der Waals surface area contributed by atoms with Gasteiger partial charge in [0.25, 0.3) is 0 Å². The van der Waals surface area contributed by atoms with E-state index in [9.17, 15) is 0 Å². The lowest BCUT2D eigenvalue weighted by Gasteiger charge is -1.83. The van der Waals surface area contributed by atoms with Crippen molar-refractivity contribution in [3.63, 3.8) is 0 Å². The van der Waals surface area contributed by atoms with Crippen LogP contribution in [0, 0.1) is 0 Å². The molecule has 0 atom stereocenters. The van der Waals surface area contributed by atoms with Crippen LogP contribution in [0.25, 0.3) is 0 Å². The van der Waals surface area contributed by atoms with E-state index in [2.05, 4.69) is 5.32 Å². The molecule has 2 heteroatoms. The standard InChI is InChI=1S/C4H6BN/c5-4-1-2-6-3-4/h1,6H,2-3H2. The fourth-order valence-electron chi connectivity index (χ4n) is 0.492. The van der Waals surface area contributed by atoms with Crippen molar-refractivity contribution in [2.45, 2.75) is 0 Å². The van der Waals surface area contributed by atoms with Crippen LogP contribution in [0.3, 0.4) is 0 Å². The summed E-state index contributed by atoms with van der Waals surface area (Å²) in [6.45, 7) is 1.83. The summed E-state index contributed by atoms with van der Waals surface area (Å²) >= 11 is 0. The Morgan fingerprint density at radius 1 is 1.83 bits per heavy atom. The largest absolute Gasteiger partial charge is 0.310 e. The Kier molecular flexibility index (Phi) is 0.969. The van der Waals surface area contributed by atoms with Crippen LogP contribution in [-0.2, 0) is 0 Å². The van der Waals surface area contributed by atoms with Gasteiger partial charge in [-0.15, -0.1) is 5.47 Å². The summed E-state index contributed by atoms with van der Waals surface area (Å²) in [6, 6.07) is 0. The molecular formula is C4H6BN. The number of rotatable bonds is 0. The van der Waals surface area contributed by atoms with E-state index in [1.54, 1.807) is 0 Å². The monoisotopic (exact) mass is 79.1 g/mol. The van der Waals surface area contributed by atoms with E-state index in [1.807, 2.05) is 6.08 Å². The first-order chi connectivity index (χ1) is 2.89. The number of hydrogen-bond donors (Lipinski definition) is 1. The molecule has 1 aliphatic rings. The Morgan fingerprint density at radius 3 is 2.83 bits per heavy atom. The van der Waals surface area contributed by atoms with Gasteiger partial charge in [-0.05, 0) is 0 Å². The first-order valence-corrected chi connectivity index (χ1v) is 2.05. The second-order valence-corrected chi connectivity index (χ2v) is 1.41. The van der Waals surface area contributed by atoms with Gasteiger partial charge in [0.2, 0.25) is 0 Å². The van der Waals surface area contributed by atoms with Crippen molar-refractivity contribution in [3.05, 3.63) is 11.5 Å². The van der Waals surface area contributed by atoms with Crippen LogP contribution in [0.4, 0.5) is 0 Å². The lowest BCUT2D eigenvalue weighted by molar-refractivity contribution is 0.888. The lowest BCUT2D eigenvalue weighted by Crippen LogP contribution is -2.07. The van der Waals surface area contributed by atoms with Crippen molar-refractivity contribution in [2.24, 2.45) is 0 Å². The van der Waals surface area contributed by atoms with Gasteiger partial charge in [0.1, 0.15) is 7.85 Å². The molecule has 1 N–H and O–H groups in total. The maximum Gasteiger partial charge on any atom is 0.109 e. The van der Waals surface area contributed by atoms with Gasteiger partial charge in [-0.2, -0.15) is 0 Å². The Balaban J connectivity index is 2.45. The molecule has 0 unspecified atom stereocenters. The van der Waals surface area contributed by atoms with Crippen LogP contribution in [-0.4, -0.2) is 20.9 Å². The highest BCUT2D eigenvalue weighted by Gasteiger charge is 1.92. The molecule has 0 amide bonds. The third kappa shape index (κ3) is 0.629. The lowest BCUT2D eigenvalue weighted by atomic mass is 9.98.